The molecule has 0 aliphatic rings. The van der Waals surface area contributed by atoms with Gasteiger partial charge in [-0.3, -0.25) is 0 Å². The minimum atomic E-state index is -0.582. The van der Waals surface area contributed by atoms with Crippen molar-refractivity contribution in [3.8, 4) is 0 Å². The number of hydrogen-bond donors (Lipinski definition) is 2. The first-order valence-corrected chi connectivity index (χ1v) is 7.25. The molecule has 0 saturated heterocycles. The molecule has 2 aromatic rings. The first-order valence-electron chi connectivity index (χ1n) is 6.03. The van der Waals surface area contributed by atoms with Crippen molar-refractivity contribution in [1.82, 2.24) is 4.98 Å². The van der Waals surface area contributed by atoms with Gasteiger partial charge in [0.25, 0.3) is 0 Å². The normalized spacial score (nSPS) is 12.7. The summed E-state index contributed by atoms with van der Waals surface area (Å²) >= 11 is 1.66. The Morgan fingerprint density at radius 1 is 1.11 bits per heavy atom. The van der Waals surface area contributed by atoms with E-state index in [2.05, 4.69) is 18.8 Å². The first kappa shape index (κ1) is 13.2. The van der Waals surface area contributed by atoms with Gasteiger partial charge < -0.3 is 10.1 Å². The molecule has 1 atom stereocenters. The second kappa shape index (κ2) is 5.21. The highest BCUT2D eigenvalue weighted by atomic mass is 32.2. The molecule has 1 aromatic carbocycles. The van der Waals surface area contributed by atoms with E-state index in [0.29, 0.717) is 0 Å². The molecule has 1 aromatic heterocycles. The van der Waals surface area contributed by atoms with Gasteiger partial charge in [0, 0.05) is 10.6 Å². The molecule has 1 unspecified atom stereocenters. The van der Waals surface area contributed by atoms with Crippen LogP contribution in [0.15, 0.2) is 29.2 Å². The van der Waals surface area contributed by atoms with E-state index >= 15 is 0 Å². The van der Waals surface area contributed by atoms with Crippen LogP contribution in [0.25, 0.3) is 0 Å². The third kappa shape index (κ3) is 2.20. The lowest BCUT2D eigenvalue weighted by molar-refractivity contribution is 0.212. The number of aromatic amines is 1. The van der Waals surface area contributed by atoms with Crippen LogP contribution >= 0.6 is 11.8 Å². The minimum absolute atomic E-state index is 0.582. The lowest BCUT2D eigenvalue weighted by Crippen LogP contribution is -2.03. The topological polar surface area (TPSA) is 36.0 Å². The van der Waals surface area contributed by atoms with Gasteiger partial charge in [-0.15, -0.1) is 11.8 Å². The smallest absolute Gasteiger partial charge is 0.120 e. The fourth-order valence-corrected chi connectivity index (χ4v) is 2.82. The molecule has 18 heavy (non-hydrogen) atoms. The average molecular weight is 261 g/mol. The van der Waals surface area contributed by atoms with Gasteiger partial charge in [-0.25, -0.2) is 0 Å². The number of aryl methyl sites for hydroxylation is 1. The Bertz CT molecular complexity index is 560. The fraction of sp³-hybridized carbons (Fsp3) is 0.333. The highest BCUT2D eigenvalue weighted by Gasteiger charge is 2.19. The summed E-state index contributed by atoms with van der Waals surface area (Å²) in [6.45, 7) is 6.18. The quantitative estimate of drug-likeness (QED) is 0.826. The van der Waals surface area contributed by atoms with Crippen molar-refractivity contribution in [3.05, 3.63) is 52.3 Å². The zero-order valence-corrected chi connectivity index (χ0v) is 12.1. The standard InChI is InChI=1S/C15H19NOS/c1-9-10(2)14(16-11(9)3)15(17)12-7-5-6-8-13(12)18-4/h5-8,15-17H,1-4H3. The number of aliphatic hydroxyl groups is 1. The monoisotopic (exact) mass is 261 g/mol. The number of aromatic nitrogens is 1. The summed E-state index contributed by atoms with van der Waals surface area (Å²) in [4.78, 5) is 4.42. The van der Waals surface area contributed by atoms with Crippen molar-refractivity contribution in [3.63, 3.8) is 0 Å². The van der Waals surface area contributed by atoms with Gasteiger partial charge in [-0.2, -0.15) is 0 Å². The molecule has 0 radical (unpaired) electrons. The lowest BCUT2D eigenvalue weighted by atomic mass is 10.0. The van der Waals surface area contributed by atoms with E-state index in [1.165, 1.54) is 5.56 Å². The molecule has 96 valence electrons. The van der Waals surface area contributed by atoms with Crippen LogP contribution in [0, 0.1) is 20.8 Å². The second-order valence-electron chi connectivity index (χ2n) is 4.56. The van der Waals surface area contributed by atoms with Gasteiger partial charge in [-0.1, -0.05) is 18.2 Å². The summed E-state index contributed by atoms with van der Waals surface area (Å²) < 4.78 is 0. The van der Waals surface area contributed by atoms with Crippen LogP contribution < -0.4 is 0 Å². The van der Waals surface area contributed by atoms with Gasteiger partial charge in [0.2, 0.25) is 0 Å². The van der Waals surface area contributed by atoms with Crippen molar-refractivity contribution in [2.45, 2.75) is 31.8 Å². The van der Waals surface area contributed by atoms with Gasteiger partial charge in [-0.05, 0) is 49.8 Å². The molecular weight excluding hydrogens is 242 g/mol. The maximum absolute atomic E-state index is 10.6. The van der Waals surface area contributed by atoms with Crippen LogP contribution in [0.4, 0.5) is 0 Å². The number of hydrogen-bond acceptors (Lipinski definition) is 2. The molecule has 2 rings (SSSR count). The molecule has 0 fully saturated rings. The second-order valence-corrected chi connectivity index (χ2v) is 5.41. The third-order valence-electron chi connectivity index (χ3n) is 3.56. The van der Waals surface area contributed by atoms with E-state index in [4.69, 9.17) is 0 Å². The van der Waals surface area contributed by atoms with E-state index in [9.17, 15) is 5.11 Å². The summed E-state index contributed by atoms with van der Waals surface area (Å²) in [5.41, 5.74) is 5.38. The predicted octanol–water partition coefficient (Wildman–Crippen LogP) is 3.74. The van der Waals surface area contributed by atoms with Gasteiger partial charge in [0.1, 0.15) is 6.10 Å². The van der Waals surface area contributed by atoms with E-state index in [1.807, 2.05) is 37.4 Å². The summed E-state index contributed by atoms with van der Waals surface area (Å²) in [6, 6.07) is 8.00. The highest BCUT2D eigenvalue weighted by Crippen LogP contribution is 2.32. The van der Waals surface area contributed by atoms with Gasteiger partial charge >= 0.3 is 0 Å². The van der Waals surface area contributed by atoms with Crippen molar-refractivity contribution in [2.24, 2.45) is 0 Å². The Morgan fingerprint density at radius 2 is 1.78 bits per heavy atom. The molecule has 0 bridgehead atoms. The van der Waals surface area contributed by atoms with Crippen LogP contribution in [-0.4, -0.2) is 16.3 Å². The van der Waals surface area contributed by atoms with Crippen molar-refractivity contribution in [2.75, 3.05) is 6.26 Å². The van der Waals surface area contributed by atoms with E-state index < -0.39 is 6.10 Å². The Balaban J connectivity index is 2.47. The Morgan fingerprint density at radius 3 is 2.33 bits per heavy atom. The highest BCUT2D eigenvalue weighted by molar-refractivity contribution is 7.98. The van der Waals surface area contributed by atoms with E-state index in [1.54, 1.807) is 11.8 Å². The molecule has 2 nitrogen and oxygen atoms in total. The van der Waals surface area contributed by atoms with Crippen LogP contribution in [0.3, 0.4) is 0 Å². The Kier molecular flexibility index (Phi) is 3.83. The van der Waals surface area contributed by atoms with Gasteiger partial charge in [0.15, 0.2) is 0 Å². The van der Waals surface area contributed by atoms with E-state index in [-0.39, 0.29) is 0 Å². The average Bonchev–Trinajstić information content (AvgIpc) is 2.65. The van der Waals surface area contributed by atoms with Crippen LogP contribution in [-0.2, 0) is 0 Å². The third-order valence-corrected chi connectivity index (χ3v) is 4.37. The number of aliphatic hydroxyl groups excluding tert-OH is 1. The van der Waals surface area contributed by atoms with Crippen LogP contribution in [0.2, 0.25) is 0 Å². The maximum Gasteiger partial charge on any atom is 0.120 e. The van der Waals surface area contributed by atoms with Crippen molar-refractivity contribution in [1.29, 1.82) is 0 Å². The van der Waals surface area contributed by atoms with Crippen molar-refractivity contribution >= 4 is 11.8 Å². The fourth-order valence-electron chi connectivity index (χ4n) is 2.19. The number of benzene rings is 1. The summed E-state index contributed by atoms with van der Waals surface area (Å²) in [7, 11) is 0. The van der Waals surface area contributed by atoms with Gasteiger partial charge in [0.05, 0.1) is 5.69 Å². The maximum atomic E-state index is 10.6. The number of rotatable bonds is 3. The Labute approximate surface area is 112 Å². The predicted molar refractivity (Wildman–Crippen MR) is 77.3 cm³/mol. The Hall–Kier alpha value is -1.19. The molecule has 0 amide bonds. The summed E-state index contributed by atoms with van der Waals surface area (Å²) in [5.74, 6) is 0. The zero-order valence-electron chi connectivity index (χ0n) is 11.2. The molecular formula is C15H19NOS. The lowest BCUT2D eigenvalue weighted by Gasteiger charge is -2.14. The van der Waals surface area contributed by atoms with E-state index in [0.717, 1.165) is 27.4 Å². The van der Waals surface area contributed by atoms with Crippen LogP contribution in [0.5, 0.6) is 0 Å². The van der Waals surface area contributed by atoms with Crippen molar-refractivity contribution < 1.29 is 5.11 Å². The molecule has 0 aliphatic heterocycles. The molecule has 0 spiro atoms. The summed E-state index contributed by atoms with van der Waals surface area (Å²) in [5, 5.41) is 10.6. The number of thioether (sulfide) groups is 1. The van der Waals surface area contributed by atoms with Crippen LogP contribution in [0.1, 0.15) is 34.2 Å². The largest absolute Gasteiger partial charge is 0.382 e. The minimum Gasteiger partial charge on any atom is -0.382 e. The molecule has 1 heterocycles. The molecule has 0 aliphatic carbocycles. The molecule has 3 heteroatoms. The number of nitrogens with one attached hydrogen (secondary N) is 1. The zero-order chi connectivity index (χ0) is 13.3. The molecule has 2 N–H and O–H groups in total. The number of H-pyrrole nitrogens is 1. The molecule has 0 saturated carbocycles. The summed E-state index contributed by atoms with van der Waals surface area (Å²) in [6.07, 6.45) is 1.45. The first-order chi connectivity index (χ1) is 8.56. The SMILES string of the molecule is CSc1ccccc1C(O)c1[nH]c(C)c(C)c1C.